The molecule has 1 aliphatic rings. The highest BCUT2D eigenvalue weighted by Crippen LogP contribution is 2.42. The van der Waals surface area contributed by atoms with Crippen LogP contribution in [0, 0.1) is 0 Å². The van der Waals surface area contributed by atoms with Crippen LogP contribution in [0.2, 0.25) is 0 Å². The maximum atomic E-state index is 13.6. The van der Waals surface area contributed by atoms with Gasteiger partial charge in [0.15, 0.2) is 5.43 Å². The van der Waals surface area contributed by atoms with Gasteiger partial charge < -0.3 is 9.15 Å². The van der Waals surface area contributed by atoms with Gasteiger partial charge in [-0.2, -0.15) is 0 Å². The van der Waals surface area contributed by atoms with E-state index in [4.69, 9.17) is 9.15 Å². The van der Waals surface area contributed by atoms with Gasteiger partial charge in [-0.25, -0.2) is 0 Å². The fraction of sp³-hybridized carbons (Fsp3) is 0.250. The number of amides is 1. The van der Waals surface area contributed by atoms with Crippen LogP contribution >= 0.6 is 27.3 Å². The number of benzene rings is 2. The molecule has 0 saturated heterocycles. The van der Waals surface area contributed by atoms with Crippen LogP contribution in [-0.2, 0) is 6.42 Å². The van der Waals surface area contributed by atoms with E-state index < -0.39 is 11.9 Å². The zero-order valence-electron chi connectivity index (χ0n) is 18.0. The Balaban J connectivity index is 1.72. The van der Waals surface area contributed by atoms with Crippen molar-refractivity contribution in [2.75, 3.05) is 11.5 Å². The molecule has 0 aliphatic carbocycles. The molecule has 7 nitrogen and oxygen atoms in total. The summed E-state index contributed by atoms with van der Waals surface area (Å²) in [6, 6.07) is 11.9. The van der Waals surface area contributed by atoms with Gasteiger partial charge >= 0.3 is 0 Å². The number of aryl methyl sites for hydroxylation is 1. The summed E-state index contributed by atoms with van der Waals surface area (Å²) < 4.78 is 12.3. The van der Waals surface area contributed by atoms with Gasteiger partial charge in [0, 0.05) is 10.9 Å². The van der Waals surface area contributed by atoms with Crippen molar-refractivity contribution in [3.8, 4) is 5.75 Å². The third-order valence-corrected chi connectivity index (χ3v) is 6.94. The highest BCUT2D eigenvalue weighted by Gasteiger charge is 2.45. The molecule has 0 radical (unpaired) electrons. The molecular formula is C24H20BrN3O4S. The summed E-state index contributed by atoms with van der Waals surface area (Å²) in [5.41, 5.74) is 1.20. The number of carbonyl (C=O) groups is 1. The molecule has 0 saturated carbocycles. The van der Waals surface area contributed by atoms with E-state index in [1.807, 2.05) is 31.2 Å². The highest BCUT2D eigenvalue weighted by molar-refractivity contribution is 9.10. The second kappa shape index (κ2) is 8.72. The van der Waals surface area contributed by atoms with Crippen LogP contribution in [0.25, 0.3) is 11.0 Å². The van der Waals surface area contributed by atoms with Crippen molar-refractivity contribution in [1.29, 1.82) is 0 Å². The molecule has 1 unspecified atom stereocenters. The number of hydrogen-bond acceptors (Lipinski definition) is 7. The summed E-state index contributed by atoms with van der Waals surface area (Å²) in [5, 5.41) is 10.2. The Labute approximate surface area is 202 Å². The lowest BCUT2D eigenvalue weighted by Gasteiger charge is -2.22. The van der Waals surface area contributed by atoms with Crippen LogP contribution in [0.3, 0.4) is 0 Å². The van der Waals surface area contributed by atoms with E-state index in [0.717, 1.165) is 27.9 Å². The number of fused-ring (bicyclic) bond motifs is 2. The van der Waals surface area contributed by atoms with Crippen LogP contribution < -0.4 is 15.1 Å². The summed E-state index contributed by atoms with van der Waals surface area (Å²) in [7, 11) is 0. The quantitative estimate of drug-likeness (QED) is 0.330. The molecule has 1 aliphatic heterocycles. The summed E-state index contributed by atoms with van der Waals surface area (Å²) in [6.45, 7) is 4.53. The third kappa shape index (κ3) is 3.75. The first-order chi connectivity index (χ1) is 16.0. The van der Waals surface area contributed by atoms with Gasteiger partial charge in [0.25, 0.3) is 5.91 Å². The Hall–Kier alpha value is -3.04. The van der Waals surface area contributed by atoms with Gasteiger partial charge in [0.05, 0.1) is 23.6 Å². The SMILES string of the molecule is CCCc1nnc(N2C(=O)c3oc4ccc(Br)cc4c(=O)c3C2c2ccc(OCC)cc2)s1. The van der Waals surface area contributed by atoms with E-state index >= 15 is 0 Å². The smallest absolute Gasteiger partial charge is 0.297 e. The molecule has 5 rings (SSSR count). The average molecular weight is 526 g/mol. The fourth-order valence-electron chi connectivity index (χ4n) is 4.03. The molecular weight excluding hydrogens is 506 g/mol. The van der Waals surface area contributed by atoms with Gasteiger partial charge in [0.1, 0.15) is 16.3 Å². The average Bonchev–Trinajstić information content (AvgIpc) is 3.38. The van der Waals surface area contributed by atoms with Crippen molar-refractivity contribution in [2.24, 2.45) is 0 Å². The van der Waals surface area contributed by atoms with Gasteiger partial charge in [-0.05, 0) is 49.2 Å². The van der Waals surface area contributed by atoms with Crippen molar-refractivity contribution in [2.45, 2.75) is 32.7 Å². The van der Waals surface area contributed by atoms with Crippen molar-refractivity contribution < 1.29 is 13.9 Å². The molecule has 0 fully saturated rings. The molecule has 2 aromatic carbocycles. The van der Waals surface area contributed by atoms with Gasteiger partial charge in [-0.1, -0.05) is 46.3 Å². The molecule has 0 N–H and O–H groups in total. The van der Waals surface area contributed by atoms with Crippen molar-refractivity contribution in [3.63, 3.8) is 0 Å². The number of carbonyl (C=O) groups excluding carboxylic acids is 1. The Morgan fingerprint density at radius 2 is 1.91 bits per heavy atom. The molecule has 0 bridgehead atoms. The Morgan fingerprint density at radius 3 is 2.64 bits per heavy atom. The summed E-state index contributed by atoms with van der Waals surface area (Å²) >= 11 is 4.78. The third-order valence-electron chi connectivity index (χ3n) is 5.47. The zero-order valence-corrected chi connectivity index (χ0v) is 20.4. The number of halogens is 1. The summed E-state index contributed by atoms with van der Waals surface area (Å²) in [4.78, 5) is 28.7. The normalized spacial score (nSPS) is 15.3. The molecule has 4 aromatic rings. The van der Waals surface area contributed by atoms with Crippen LogP contribution in [0.4, 0.5) is 5.13 Å². The summed E-state index contributed by atoms with van der Waals surface area (Å²) in [5.74, 6) is 0.360. The predicted molar refractivity (Wildman–Crippen MR) is 130 cm³/mol. The first-order valence-electron chi connectivity index (χ1n) is 10.7. The Kier molecular flexibility index (Phi) is 5.76. The second-order valence-electron chi connectivity index (χ2n) is 7.62. The van der Waals surface area contributed by atoms with Gasteiger partial charge in [-0.15, -0.1) is 10.2 Å². The van der Waals surface area contributed by atoms with E-state index in [2.05, 4.69) is 33.1 Å². The highest BCUT2D eigenvalue weighted by atomic mass is 79.9. The topological polar surface area (TPSA) is 85.5 Å². The monoisotopic (exact) mass is 525 g/mol. The molecule has 2 aromatic heterocycles. The molecule has 9 heteroatoms. The van der Waals surface area contributed by atoms with Crippen LogP contribution in [0.1, 0.15) is 53.0 Å². The lowest BCUT2D eigenvalue weighted by atomic mass is 9.98. The van der Waals surface area contributed by atoms with Crippen molar-refractivity contribution >= 4 is 49.3 Å². The molecule has 0 spiro atoms. The lowest BCUT2D eigenvalue weighted by Crippen LogP contribution is -2.29. The number of anilines is 1. The van der Waals surface area contributed by atoms with E-state index in [1.165, 1.54) is 16.2 Å². The van der Waals surface area contributed by atoms with E-state index in [-0.39, 0.29) is 11.2 Å². The lowest BCUT2D eigenvalue weighted by molar-refractivity contribution is 0.0970. The number of nitrogens with zero attached hydrogens (tertiary/aromatic N) is 3. The summed E-state index contributed by atoms with van der Waals surface area (Å²) in [6.07, 6.45) is 1.70. The number of hydrogen-bond donors (Lipinski definition) is 0. The first-order valence-corrected chi connectivity index (χ1v) is 12.3. The minimum atomic E-state index is -0.676. The minimum Gasteiger partial charge on any atom is -0.494 e. The largest absolute Gasteiger partial charge is 0.494 e. The molecule has 1 atom stereocenters. The van der Waals surface area contributed by atoms with Crippen LogP contribution in [0.5, 0.6) is 5.75 Å². The fourth-order valence-corrected chi connectivity index (χ4v) is 5.36. The first kappa shape index (κ1) is 21.8. The second-order valence-corrected chi connectivity index (χ2v) is 9.58. The molecule has 168 valence electrons. The van der Waals surface area contributed by atoms with Crippen LogP contribution in [0.15, 0.2) is 56.1 Å². The molecule has 3 heterocycles. The van der Waals surface area contributed by atoms with E-state index in [9.17, 15) is 9.59 Å². The van der Waals surface area contributed by atoms with E-state index in [0.29, 0.717) is 34.0 Å². The van der Waals surface area contributed by atoms with Gasteiger partial charge in [-0.3, -0.25) is 14.5 Å². The Morgan fingerprint density at radius 1 is 1.12 bits per heavy atom. The van der Waals surface area contributed by atoms with Crippen molar-refractivity contribution in [1.82, 2.24) is 10.2 Å². The van der Waals surface area contributed by atoms with E-state index in [1.54, 1.807) is 18.2 Å². The predicted octanol–water partition coefficient (Wildman–Crippen LogP) is 5.51. The van der Waals surface area contributed by atoms with Gasteiger partial charge in [0.2, 0.25) is 10.9 Å². The number of aromatic nitrogens is 2. The molecule has 33 heavy (non-hydrogen) atoms. The number of rotatable bonds is 6. The maximum absolute atomic E-state index is 13.6. The standard InChI is InChI=1S/C24H20BrN3O4S/c1-3-5-18-26-27-24(33-18)28-20(13-6-9-15(10-7-13)31-4-2)19-21(29)16-12-14(25)8-11-17(16)32-22(19)23(28)30/h6-12,20H,3-5H2,1-2H3. The minimum absolute atomic E-state index is 0.0425. The van der Waals surface area contributed by atoms with Crippen molar-refractivity contribution in [3.05, 3.63) is 79.1 Å². The number of ether oxygens (including phenoxy) is 1. The maximum Gasteiger partial charge on any atom is 0.297 e. The zero-order chi connectivity index (χ0) is 23.1. The molecule has 1 amide bonds. The Bertz CT molecular complexity index is 1410. The van der Waals surface area contributed by atoms with Crippen LogP contribution in [-0.4, -0.2) is 22.7 Å².